The molecule has 0 saturated heterocycles. The van der Waals surface area contributed by atoms with Crippen molar-refractivity contribution in [3.63, 3.8) is 0 Å². The minimum atomic E-state index is -2.16. The van der Waals surface area contributed by atoms with Crippen LogP contribution >= 0.6 is 11.6 Å². The Bertz CT molecular complexity index is 1500. The van der Waals surface area contributed by atoms with E-state index in [9.17, 15) is 24.0 Å². The molecular formula is C21H17ClN6O5S. The van der Waals surface area contributed by atoms with E-state index in [1.807, 2.05) is 0 Å². The van der Waals surface area contributed by atoms with Crippen LogP contribution in [-0.2, 0) is 22.7 Å². The van der Waals surface area contributed by atoms with Crippen molar-refractivity contribution in [1.82, 2.24) is 14.5 Å². The maximum absolute atomic E-state index is 12.7. The Hall–Kier alpha value is -3.84. The maximum atomic E-state index is 12.7. The summed E-state index contributed by atoms with van der Waals surface area (Å²) < 4.78 is 13.4. The Labute approximate surface area is 199 Å². The minimum absolute atomic E-state index is 0.0999. The van der Waals surface area contributed by atoms with E-state index in [4.69, 9.17) is 22.5 Å². The molecule has 0 fully saturated rings. The van der Waals surface area contributed by atoms with Crippen LogP contribution in [0.4, 0.5) is 5.69 Å². The lowest BCUT2D eigenvalue weighted by atomic mass is 10.0. The average molecular weight is 501 g/mol. The number of hydrogen-bond acceptors (Lipinski definition) is 7. The van der Waals surface area contributed by atoms with Gasteiger partial charge >= 0.3 is 0 Å². The number of hydrogen-bond donors (Lipinski definition) is 5. The first kappa shape index (κ1) is 23.3. The van der Waals surface area contributed by atoms with Gasteiger partial charge in [0.25, 0.3) is 11.5 Å². The molecular weight excluding hydrogens is 484 g/mol. The van der Waals surface area contributed by atoms with Crippen LogP contribution in [-0.4, -0.2) is 36.0 Å². The second-order valence-electron chi connectivity index (χ2n) is 7.16. The van der Waals surface area contributed by atoms with E-state index >= 15 is 0 Å². The molecule has 2 heterocycles. The number of benzene rings is 2. The number of para-hydroxylation sites is 1. The number of nitrogens with one attached hydrogen (secondary N) is 2. The fraction of sp³-hybridized carbons (Fsp3) is 0.0476. The van der Waals surface area contributed by atoms with Crippen molar-refractivity contribution >= 4 is 51.5 Å². The number of fused-ring (bicyclic) bond motifs is 1. The first-order valence-corrected chi connectivity index (χ1v) is 11.2. The highest BCUT2D eigenvalue weighted by Gasteiger charge is 2.24. The van der Waals surface area contributed by atoms with Gasteiger partial charge in [-0.1, -0.05) is 23.7 Å². The van der Waals surface area contributed by atoms with Crippen LogP contribution in [0, 0.1) is 0 Å². The quantitative estimate of drug-likeness (QED) is 0.247. The number of nitrogens with zero attached hydrogens (tertiary/aromatic N) is 2. The van der Waals surface area contributed by atoms with Crippen LogP contribution < -0.4 is 21.7 Å². The van der Waals surface area contributed by atoms with E-state index < -0.39 is 34.5 Å². The third-order valence-corrected chi connectivity index (χ3v) is 6.06. The highest BCUT2D eigenvalue weighted by Crippen LogP contribution is 2.35. The second-order valence-corrected chi connectivity index (χ2v) is 8.60. The first-order chi connectivity index (χ1) is 16.2. The van der Waals surface area contributed by atoms with Crippen molar-refractivity contribution in [3.8, 4) is 16.9 Å². The molecule has 4 rings (SSSR count). The Morgan fingerprint density at radius 3 is 2.71 bits per heavy atom. The van der Waals surface area contributed by atoms with E-state index in [-0.39, 0.29) is 39.2 Å². The molecule has 1 atom stereocenters. The summed E-state index contributed by atoms with van der Waals surface area (Å²) in [6.07, 6.45) is 2.66. The molecule has 0 spiro atoms. The summed E-state index contributed by atoms with van der Waals surface area (Å²) in [5.74, 6) is -2.04. The lowest BCUT2D eigenvalue weighted by molar-refractivity contribution is -0.116. The van der Waals surface area contributed by atoms with Gasteiger partial charge in [0, 0.05) is 17.8 Å². The van der Waals surface area contributed by atoms with E-state index in [1.54, 1.807) is 24.3 Å². The fourth-order valence-corrected chi connectivity index (χ4v) is 4.21. The molecule has 0 aliphatic rings. The van der Waals surface area contributed by atoms with Gasteiger partial charge in [0.1, 0.15) is 12.2 Å². The van der Waals surface area contributed by atoms with E-state index in [0.717, 1.165) is 0 Å². The average Bonchev–Trinajstić information content (AvgIpc) is 3.14. The van der Waals surface area contributed by atoms with Crippen LogP contribution in [0.3, 0.4) is 0 Å². The highest BCUT2D eigenvalue weighted by atomic mass is 35.5. The van der Waals surface area contributed by atoms with Gasteiger partial charge in [-0.25, -0.2) is 4.98 Å². The van der Waals surface area contributed by atoms with Gasteiger partial charge < -0.3 is 30.3 Å². The maximum Gasteiger partial charge on any atom is 0.260 e. The Morgan fingerprint density at radius 1 is 1.29 bits per heavy atom. The number of rotatable bonds is 6. The number of H-pyrrole nitrogens is 1. The molecule has 0 aliphatic heterocycles. The number of amides is 2. The minimum Gasteiger partial charge on any atom is -0.593 e. The summed E-state index contributed by atoms with van der Waals surface area (Å²) in [4.78, 5) is 43.6. The molecule has 11 nitrogen and oxygen atoms in total. The lowest BCUT2D eigenvalue weighted by Gasteiger charge is -2.10. The SMILES string of the molecule is NC(=O)c1cc(-c2cn(CC(=O)Nc3ccccc3Cl)c3nc[nH]c(=O)c23)cc([S+](N)[O-])c1O. The molecule has 2 amide bonds. The predicted molar refractivity (Wildman–Crippen MR) is 127 cm³/mol. The van der Waals surface area contributed by atoms with E-state index in [1.165, 1.54) is 29.2 Å². The number of nitrogens with two attached hydrogens (primary N) is 2. The van der Waals surface area contributed by atoms with E-state index in [2.05, 4.69) is 15.3 Å². The van der Waals surface area contributed by atoms with Crippen molar-refractivity contribution in [2.24, 2.45) is 10.9 Å². The van der Waals surface area contributed by atoms with Crippen LogP contribution in [0.2, 0.25) is 5.02 Å². The smallest absolute Gasteiger partial charge is 0.260 e. The zero-order valence-corrected chi connectivity index (χ0v) is 18.8. The summed E-state index contributed by atoms with van der Waals surface area (Å²) in [5, 5.41) is 18.8. The summed E-state index contributed by atoms with van der Waals surface area (Å²) in [5.41, 5.74) is 5.55. The Balaban J connectivity index is 1.83. The Kier molecular flexibility index (Phi) is 6.30. The number of carbonyl (C=O) groups excluding carboxylic acids is 2. The number of aromatic hydroxyl groups is 1. The van der Waals surface area contributed by atoms with Crippen LogP contribution in [0.1, 0.15) is 10.4 Å². The molecule has 2 aromatic carbocycles. The second kappa shape index (κ2) is 9.19. The van der Waals surface area contributed by atoms with Gasteiger partial charge in [0.15, 0.2) is 5.75 Å². The number of anilines is 1. The topological polar surface area (TPSA) is 192 Å². The van der Waals surface area contributed by atoms with Crippen molar-refractivity contribution in [3.05, 3.63) is 69.9 Å². The third kappa shape index (κ3) is 4.34. The number of aromatic nitrogens is 3. The zero-order valence-electron chi connectivity index (χ0n) is 17.2. The van der Waals surface area contributed by atoms with Gasteiger partial charge in [-0.3, -0.25) is 14.4 Å². The largest absolute Gasteiger partial charge is 0.593 e. The van der Waals surface area contributed by atoms with Crippen molar-refractivity contribution in [1.29, 1.82) is 0 Å². The molecule has 0 bridgehead atoms. The summed E-state index contributed by atoms with van der Waals surface area (Å²) in [6.45, 7) is -0.228. The van der Waals surface area contributed by atoms with Crippen LogP contribution in [0.15, 0.2) is 58.6 Å². The molecule has 174 valence electrons. The summed E-state index contributed by atoms with van der Waals surface area (Å²) in [6, 6.07) is 9.21. The van der Waals surface area contributed by atoms with Gasteiger partial charge in [0.2, 0.25) is 10.8 Å². The van der Waals surface area contributed by atoms with Crippen molar-refractivity contribution in [2.75, 3.05) is 5.32 Å². The summed E-state index contributed by atoms with van der Waals surface area (Å²) in [7, 11) is 0. The highest BCUT2D eigenvalue weighted by molar-refractivity contribution is 7.89. The van der Waals surface area contributed by atoms with Gasteiger partial charge in [-0.15, -0.1) is 5.14 Å². The molecule has 7 N–H and O–H groups in total. The molecule has 4 aromatic rings. The normalized spacial score (nSPS) is 12.0. The molecule has 0 aliphatic carbocycles. The predicted octanol–water partition coefficient (Wildman–Crippen LogP) is 1.47. The monoisotopic (exact) mass is 500 g/mol. The molecule has 34 heavy (non-hydrogen) atoms. The van der Waals surface area contributed by atoms with Crippen LogP contribution in [0.5, 0.6) is 5.75 Å². The third-order valence-electron chi connectivity index (χ3n) is 4.99. The molecule has 0 radical (unpaired) electrons. The lowest BCUT2D eigenvalue weighted by Crippen LogP contribution is -2.19. The number of phenols is 1. The van der Waals surface area contributed by atoms with Gasteiger partial charge in [-0.2, -0.15) is 0 Å². The number of halogens is 1. The summed E-state index contributed by atoms with van der Waals surface area (Å²) >= 11 is 3.93. The van der Waals surface area contributed by atoms with Crippen LogP contribution in [0.25, 0.3) is 22.2 Å². The standard InChI is InChI=1S/C21H17ClN6O5S/c22-13-3-1-2-4-14(13)27-16(29)8-28-7-12(17-20(28)25-9-26-21(17)32)10-5-11(19(23)31)18(30)15(6-10)34(24)33/h1-7,9,30H,8,24H2,(H2,23,31)(H,27,29)(H,25,26,32). The number of carbonyl (C=O) groups is 2. The number of primary amides is 1. The Morgan fingerprint density at radius 2 is 2.03 bits per heavy atom. The molecule has 13 heteroatoms. The van der Waals surface area contributed by atoms with Crippen molar-refractivity contribution < 1.29 is 19.2 Å². The van der Waals surface area contributed by atoms with E-state index in [0.29, 0.717) is 10.7 Å². The molecule has 0 saturated carbocycles. The molecule has 1 unspecified atom stereocenters. The van der Waals surface area contributed by atoms with Gasteiger partial charge in [-0.05, 0) is 23.8 Å². The van der Waals surface area contributed by atoms with Crippen molar-refractivity contribution in [2.45, 2.75) is 11.4 Å². The zero-order chi connectivity index (χ0) is 24.6. The number of aromatic amines is 1. The van der Waals surface area contributed by atoms with Gasteiger partial charge in [0.05, 0.1) is 39.3 Å². The first-order valence-electron chi connectivity index (χ1n) is 9.61. The fourth-order valence-electron chi connectivity index (χ4n) is 3.48. The molecule has 2 aromatic heterocycles.